The number of nitrogens with one attached hydrogen (secondary N) is 1. The quantitative estimate of drug-likeness (QED) is 0.825. The van der Waals surface area contributed by atoms with Crippen LogP contribution in [0.4, 0.5) is 5.69 Å². The molecule has 25 heavy (non-hydrogen) atoms. The molecule has 0 unspecified atom stereocenters. The van der Waals surface area contributed by atoms with Crippen molar-refractivity contribution in [3.8, 4) is 0 Å². The van der Waals surface area contributed by atoms with Gasteiger partial charge in [0.15, 0.2) is 0 Å². The second kappa shape index (κ2) is 8.45. The fourth-order valence-electron chi connectivity index (χ4n) is 3.16. The van der Waals surface area contributed by atoms with E-state index in [9.17, 15) is 8.42 Å². The lowest BCUT2D eigenvalue weighted by Gasteiger charge is -2.33. The molecule has 1 aliphatic rings. The van der Waals surface area contributed by atoms with E-state index in [-0.39, 0.29) is 5.75 Å². The lowest BCUT2D eigenvalue weighted by Crippen LogP contribution is -2.39. The SMILES string of the molecule is O=S(=O)(CCc1ccccc1)NCC1CCN(c2ccncc2)CC1. The predicted molar refractivity (Wildman–Crippen MR) is 101 cm³/mol. The average molecular weight is 359 g/mol. The summed E-state index contributed by atoms with van der Waals surface area (Å²) >= 11 is 0. The number of benzene rings is 1. The third kappa shape index (κ3) is 5.54. The van der Waals surface area contributed by atoms with Crippen molar-refractivity contribution in [2.45, 2.75) is 19.3 Å². The van der Waals surface area contributed by atoms with E-state index in [0.717, 1.165) is 31.5 Å². The van der Waals surface area contributed by atoms with Gasteiger partial charge >= 0.3 is 0 Å². The van der Waals surface area contributed by atoms with Crippen LogP contribution in [0.15, 0.2) is 54.9 Å². The monoisotopic (exact) mass is 359 g/mol. The van der Waals surface area contributed by atoms with E-state index in [2.05, 4.69) is 14.6 Å². The average Bonchev–Trinajstić information content (AvgIpc) is 2.67. The minimum absolute atomic E-state index is 0.146. The van der Waals surface area contributed by atoms with Gasteiger partial charge in [0.25, 0.3) is 0 Å². The van der Waals surface area contributed by atoms with Gasteiger partial charge in [0.05, 0.1) is 5.75 Å². The van der Waals surface area contributed by atoms with Crippen LogP contribution in [0, 0.1) is 5.92 Å². The van der Waals surface area contributed by atoms with Crippen molar-refractivity contribution in [1.82, 2.24) is 9.71 Å². The third-order valence-electron chi connectivity index (χ3n) is 4.74. The van der Waals surface area contributed by atoms with E-state index >= 15 is 0 Å². The first kappa shape index (κ1) is 17.9. The first-order valence-electron chi connectivity index (χ1n) is 8.79. The number of hydrogen-bond acceptors (Lipinski definition) is 4. The van der Waals surface area contributed by atoms with Crippen LogP contribution in [0.1, 0.15) is 18.4 Å². The number of anilines is 1. The van der Waals surface area contributed by atoms with Crippen molar-refractivity contribution in [3.05, 3.63) is 60.4 Å². The summed E-state index contributed by atoms with van der Waals surface area (Å²) in [6.45, 7) is 2.46. The van der Waals surface area contributed by atoms with Crippen molar-refractivity contribution in [3.63, 3.8) is 0 Å². The van der Waals surface area contributed by atoms with Crippen LogP contribution in [0.5, 0.6) is 0 Å². The largest absolute Gasteiger partial charge is 0.371 e. The molecular formula is C19H25N3O2S. The summed E-state index contributed by atoms with van der Waals surface area (Å²) in [5.41, 5.74) is 2.25. The zero-order valence-electron chi connectivity index (χ0n) is 14.3. The van der Waals surface area contributed by atoms with Gasteiger partial charge in [-0.3, -0.25) is 4.98 Å². The summed E-state index contributed by atoms with van der Waals surface area (Å²) in [7, 11) is -3.22. The zero-order chi connectivity index (χ0) is 17.5. The van der Waals surface area contributed by atoms with Gasteiger partial charge in [0, 0.05) is 37.7 Å². The fourth-order valence-corrected chi connectivity index (χ4v) is 4.30. The minimum atomic E-state index is -3.22. The Morgan fingerprint density at radius 3 is 2.40 bits per heavy atom. The van der Waals surface area contributed by atoms with Gasteiger partial charge in [-0.15, -0.1) is 0 Å². The predicted octanol–water partition coefficient (Wildman–Crippen LogP) is 2.46. The Bertz CT molecular complexity index is 743. The third-order valence-corrected chi connectivity index (χ3v) is 6.08. The molecule has 0 saturated carbocycles. The number of rotatable bonds is 7. The van der Waals surface area contributed by atoms with Crippen molar-refractivity contribution >= 4 is 15.7 Å². The van der Waals surface area contributed by atoms with Gasteiger partial charge in [-0.05, 0) is 42.9 Å². The molecule has 134 valence electrons. The molecule has 1 aromatic heterocycles. The van der Waals surface area contributed by atoms with Crippen LogP contribution in [0.2, 0.25) is 0 Å². The molecule has 1 fully saturated rings. The van der Waals surface area contributed by atoms with Gasteiger partial charge in [0.2, 0.25) is 10.0 Å². The molecule has 5 nitrogen and oxygen atoms in total. The molecule has 1 aromatic carbocycles. The van der Waals surface area contributed by atoms with Crippen LogP contribution in [0.25, 0.3) is 0 Å². The van der Waals surface area contributed by atoms with Crippen LogP contribution < -0.4 is 9.62 Å². The van der Waals surface area contributed by atoms with Crippen molar-refractivity contribution in [1.29, 1.82) is 0 Å². The molecule has 0 aliphatic carbocycles. The van der Waals surface area contributed by atoms with Crippen LogP contribution in [-0.2, 0) is 16.4 Å². The fraction of sp³-hybridized carbons (Fsp3) is 0.421. The Kier molecular flexibility index (Phi) is 6.04. The highest BCUT2D eigenvalue weighted by Crippen LogP contribution is 2.22. The Balaban J connectivity index is 1.41. The lowest BCUT2D eigenvalue weighted by atomic mass is 9.97. The first-order chi connectivity index (χ1) is 12.1. The van der Waals surface area contributed by atoms with Gasteiger partial charge in [0.1, 0.15) is 0 Å². The topological polar surface area (TPSA) is 62.3 Å². The van der Waals surface area contributed by atoms with Crippen LogP contribution in [-0.4, -0.2) is 38.8 Å². The molecule has 0 radical (unpaired) electrons. The molecule has 0 atom stereocenters. The number of piperidine rings is 1. The summed E-state index contributed by atoms with van der Waals surface area (Å²) in [4.78, 5) is 6.38. The Morgan fingerprint density at radius 1 is 1.04 bits per heavy atom. The molecule has 1 saturated heterocycles. The molecule has 1 N–H and O–H groups in total. The molecule has 0 spiro atoms. The van der Waals surface area contributed by atoms with Crippen LogP contribution >= 0.6 is 0 Å². The molecule has 2 heterocycles. The van der Waals surface area contributed by atoms with Crippen molar-refractivity contribution < 1.29 is 8.42 Å². The number of nitrogens with zero attached hydrogens (tertiary/aromatic N) is 2. The molecule has 6 heteroatoms. The van der Waals surface area contributed by atoms with Gasteiger partial charge in [-0.1, -0.05) is 30.3 Å². The minimum Gasteiger partial charge on any atom is -0.371 e. The molecule has 2 aromatic rings. The highest BCUT2D eigenvalue weighted by Gasteiger charge is 2.21. The van der Waals surface area contributed by atoms with Crippen LogP contribution in [0.3, 0.4) is 0 Å². The summed E-state index contributed by atoms with van der Waals surface area (Å²) in [6, 6.07) is 13.8. The summed E-state index contributed by atoms with van der Waals surface area (Å²) < 4.78 is 27.2. The van der Waals surface area contributed by atoms with E-state index in [1.807, 2.05) is 54.9 Å². The second-order valence-corrected chi connectivity index (χ2v) is 8.47. The van der Waals surface area contributed by atoms with Crippen molar-refractivity contribution in [2.75, 3.05) is 30.3 Å². The van der Waals surface area contributed by atoms with Gasteiger partial charge in [-0.25, -0.2) is 13.1 Å². The van der Waals surface area contributed by atoms with E-state index in [1.54, 1.807) is 0 Å². The molecule has 0 bridgehead atoms. The summed E-state index contributed by atoms with van der Waals surface area (Å²) in [5.74, 6) is 0.553. The first-order valence-corrected chi connectivity index (χ1v) is 10.4. The number of hydrogen-bond donors (Lipinski definition) is 1. The lowest BCUT2D eigenvalue weighted by molar-refractivity contribution is 0.402. The number of aromatic nitrogens is 1. The van der Waals surface area contributed by atoms with E-state index in [0.29, 0.717) is 18.9 Å². The van der Waals surface area contributed by atoms with Gasteiger partial charge < -0.3 is 4.90 Å². The Hall–Kier alpha value is -1.92. The number of pyridine rings is 1. The van der Waals surface area contributed by atoms with Crippen molar-refractivity contribution in [2.24, 2.45) is 5.92 Å². The summed E-state index contributed by atoms with van der Waals surface area (Å²) in [6.07, 6.45) is 6.17. The highest BCUT2D eigenvalue weighted by molar-refractivity contribution is 7.89. The van der Waals surface area contributed by atoms with E-state index in [1.165, 1.54) is 5.69 Å². The molecule has 3 rings (SSSR count). The maximum Gasteiger partial charge on any atom is 0.211 e. The molecule has 0 amide bonds. The molecule has 1 aliphatic heterocycles. The number of sulfonamides is 1. The number of aryl methyl sites for hydroxylation is 1. The maximum atomic E-state index is 12.2. The maximum absolute atomic E-state index is 12.2. The van der Waals surface area contributed by atoms with E-state index < -0.39 is 10.0 Å². The summed E-state index contributed by atoms with van der Waals surface area (Å²) in [5, 5.41) is 0. The standard InChI is InChI=1S/C19H25N3O2S/c23-25(24,15-10-17-4-2-1-3-5-17)21-16-18-8-13-22(14-9-18)19-6-11-20-12-7-19/h1-7,11-12,18,21H,8-10,13-16H2. The second-order valence-electron chi connectivity index (χ2n) is 6.54. The zero-order valence-corrected chi connectivity index (χ0v) is 15.2. The Labute approximate surface area is 150 Å². The normalized spacial score (nSPS) is 16.1. The molecular weight excluding hydrogens is 334 g/mol. The smallest absolute Gasteiger partial charge is 0.211 e. The van der Waals surface area contributed by atoms with E-state index in [4.69, 9.17) is 0 Å². The van der Waals surface area contributed by atoms with Gasteiger partial charge in [-0.2, -0.15) is 0 Å². The Morgan fingerprint density at radius 2 is 1.72 bits per heavy atom. The highest BCUT2D eigenvalue weighted by atomic mass is 32.2.